The van der Waals surface area contributed by atoms with Crippen LogP contribution in [0.3, 0.4) is 0 Å². The summed E-state index contributed by atoms with van der Waals surface area (Å²) in [5.74, 6) is 0.493. The molecule has 3 rings (SSSR count). The van der Waals surface area contributed by atoms with Gasteiger partial charge in [-0.05, 0) is 55.3 Å². The van der Waals surface area contributed by atoms with Crippen molar-refractivity contribution in [3.05, 3.63) is 59.5 Å². The highest BCUT2D eigenvalue weighted by molar-refractivity contribution is 6.01. The molecule has 122 valence electrons. The van der Waals surface area contributed by atoms with Crippen LogP contribution >= 0.6 is 0 Å². The standard InChI is InChI=1S/C18H17N3O3/c1-11-5-4-6-15(12(11)2)19-16(22)18-21-20-17(24-18)13-7-9-14(23-3)10-8-13/h4-10H,1-3H3,(H,19,22). The lowest BCUT2D eigenvalue weighted by Crippen LogP contribution is -2.13. The number of carbonyl (C=O) groups is 1. The molecule has 2 aromatic carbocycles. The number of benzene rings is 2. The van der Waals surface area contributed by atoms with E-state index in [1.807, 2.05) is 32.0 Å². The Kier molecular flexibility index (Phi) is 4.29. The van der Waals surface area contributed by atoms with E-state index in [0.717, 1.165) is 22.6 Å². The van der Waals surface area contributed by atoms with E-state index < -0.39 is 5.91 Å². The summed E-state index contributed by atoms with van der Waals surface area (Å²) in [6.45, 7) is 3.93. The van der Waals surface area contributed by atoms with Gasteiger partial charge in [-0.25, -0.2) is 0 Å². The van der Waals surface area contributed by atoms with Gasteiger partial charge in [-0.2, -0.15) is 0 Å². The molecule has 0 fully saturated rings. The fourth-order valence-electron chi connectivity index (χ4n) is 2.23. The lowest BCUT2D eigenvalue weighted by Gasteiger charge is -2.08. The van der Waals surface area contributed by atoms with Crippen LogP contribution in [0.25, 0.3) is 11.5 Å². The Balaban J connectivity index is 1.79. The molecule has 0 aliphatic heterocycles. The molecule has 6 heteroatoms. The van der Waals surface area contributed by atoms with Crippen LogP contribution in [0.2, 0.25) is 0 Å². The summed E-state index contributed by atoms with van der Waals surface area (Å²) in [6.07, 6.45) is 0. The van der Waals surface area contributed by atoms with Gasteiger partial charge in [-0.3, -0.25) is 4.79 Å². The molecule has 0 saturated carbocycles. The fourth-order valence-corrected chi connectivity index (χ4v) is 2.23. The van der Waals surface area contributed by atoms with Crippen LogP contribution in [0, 0.1) is 13.8 Å². The van der Waals surface area contributed by atoms with Crippen molar-refractivity contribution in [2.45, 2.75) is 13.8 Å². The van der Waals surface area contributed by atoms with Gasteiger partial charge in [0.2, 0.25) is 5.89 Å². The zero-order chi connectivity index (χ0) is 17.1. The number of methoxy groups -OCH3 is 1. The number of rotatable bonds is 4. The van der Waals surface area contributed by atoms with Gasteiger partial charge in [0.25, 0.3) is 0 Å². The van der Waals surface area contributed by atoms with E-state index in [4.69, 9.17) is 9.15 Å². The molecular weight excluding hydrogens is 306 g/mol. The smallest absolute Gasteiger partial charge is 0.313 e. The molecule has 0 atom stereocenters. The van der Waals surface area contributed by atoms with Crippen LogP contribution in [-0.2, 0) is 0 Å². The quantitative estimate of drug-likeness (QED) is 0.793. The van der Waals surface area contributed by atoms with Gasteiger partial charge in [0.15, 0.2) is 0 Å². The second kappa shape index (κ2) is 6.54. The Hall–Kier alpha value is -3.15. The number of ether oxygens (including phenoxy) is 1. The maximum atomic E-state index is 12.3. The van der Waals surface area contributed by atoms with Crippen molar-refractivity contribution in [1.29, 1.82) is 0 Å². The van der Waals surface area contributed by atoms with Crippen LogP contribution in [0.5, 0.6) is 5.75 Å². The van der Waals surface area contributed by atoms with E-state index in [1.165, 1.54) is 0 Å². The van der Waals surface area contributed by atoms with Gasteiger partial charge < -0.3 is 14.5 Å². The van der Waals surface area contributed by atoms with E-state index >= 15 is 0 Å². The second-order valence-corrected chi connectivity index (χ2v) is 5.34. The average molecular weight is 323 g/mol. The molecule has 0 spiro atoms. The molecule has 0 unspecified atom stereocenters. The Morgan fingerprint density at radius 1 is 1.08 bits per heavy atom. The summed E-state index contributed by atoms with van der Waals surface area (Å²) < 4.78 is 10.6. The van der Waals surface area contributed by atoms with Gasteiger partial charge in [0, 0.05) is 11.3 Å². The number of amides is 1. The summed E-state index contributed by atoms with van der Waals surface area (Å²) >= 11 is 0. The Labute approximate surface area is 139 Å². The van der Waals surface area contributed by atoms with Crippen molar-refractivity contribution >= 4 is 11.6 Å². The molecule has 1 aromatic heterocycles. The third-order valence-electron chi connectivity index (χ3n) is 3.81. The van der Waals surface area contributed by atoms with Gasteiger partial charge in [0.05, 0.1) is 7.11 Å². The lowest BCUT2D eigenvalue weighted by atomic mass is 10.1. The third kappa shape index (κ3) is 3.12. The summed E-state index contributed by atoms with van der Waals surface area (Å²) in [4.78, 5) is 12.3. The first-order chi connectivity index (χ1) is 11.6. The molecule has 1 heterocycles. The second-order valence-electron chi connectivity index (χ2n) is 5.34. The van der Waals surface area contributed by atoms with Crippen molar-refractivity contribution in [3.8, 4) is 17.2 Å². The third-order valence-corrected chi connectivity index (χ3v) is 3.81. The first-order valence-electron chi connectivity index (χ1n) is 7.44. The minimum absolute atomic E-state index is 0.0817. The SMILES string of the molecule is COc1ccc(-c2nnc(C(=O)Nc3cccc(C)c3C)o2)cc1. The summed E-state index contributed by atoms with van der Waals surface area (Å²) in [6, 6.07) is 12.9. The first-order valence-corrected chi connectivity index (χ1v) is 7.44. The number of anilines is 1. The molecule has 0 saturated heterocycles. The van der Waals surface area contributed by atoms with Crippen molar-refractivity contribution < 1.29 is 13.9 Å². The van der Waals surface area contributed by atoms with E-state index in [2.05, 4.69) is 15.5 Å². The predicted octanol–water partition coefficient (Wildman–Crippen LogP) is 3.61. The van der Waals surface area contributed by atoms with Gasteiger partial charge in [-0.15, -0.1) is 10.2 Å². The van der Waals surface area contributed by atoms with E-state index in [0.29, 0.717) is 5.56 Å². The summed E-state index contributed by atoms with van der Waals surface area (Å²) in [5.41, 5.74) is 3.54. The number of hydrogen-bond acceptors (Lipinski definition) is 5. The zero-order valence-electron chi connectivity index (χ0n) is 13.7. The molecule has 0 radical (unpaired) electrons. The molecule has 0 bridgehead atoms. The van der Waals surface area contributed by atoms with Crippen LogP contribution < -0.4 is 10.1 Å². The molecule has 1 amide bonds. The highest BCUT2D eigenvalue weighted by Crippen LogP contribution is 2.22. The summed E-state index contributed by atoms with van der Waals surface area (Å²) in [5, 5.41) is 10.5. The van der Waals surface area contributed by atoms with Crippen LogP contribution in [0.4, 0.5) is 5.69 Å². The highest BCUT2D eigenvalue weighted by atomic mass is 16.5. The number of nitrogens with zero attached hydrogens (tertiary/aromatic N) is 2. The number of hydrogen-bond donors (Lipinski definition) is 1. The molecule has 0 aliphatic rings. The Morgan fingerprint density at radius 2 is 1.83 bits per heavy atom. The number of aryl methyl sites for hydroxylation is 1. The van der Waals surface area contributed by atoms with Crippen molar-refractivity contribution in [2.24, 2.45) is 0 Å². The largest absolute Gasteiger partial charge is 0.497 e. The molecule has 1 N–H and O–H groups in total. The van der Waals surface area contributed by atoms with Gasteiger partial charge >= 0.3 is 11.8 Å². The van der Waals surface area contributed by atoms with Crippen LogP contribution in [-0.4, -0.2) is 23.2 Å². The maximum absolute atomic E-state index is 12.3. The molecule has 3 aromatic rings. The lowest BCUT2D eigenvalue weighted by molar-refractivity contribution is 0.0990. The number of nitrogens with one attached hydrogen (secondary N) is 1. The molecule has 24 heavy (non-hydrogen) atoms. The van der Waals surface area contributed by atoms with E-state index in [1.54, 1.807) is 31.4 Å². The normalized spacial score (nSPS) is 10.5. The topological polar surface area (TPSA) is 77.2 Å². The molecule has 0 aliphatic carbocycles. The van der Waals surface area contributed by atoms with Crippen LogP contribution in [0.1, 0.15) is 21.8 Å². The predicted molar refractivity (Wildman–Crippen MR) is 90.2 cm³/mol. The molecular formula is C18H17N3O3. The fraction of sp³-hybridized carbons (Fsp3) is 0.167. The Bertz CT molecular complexity index is 869. The van der Waals surface area contributed by atoms with E-state index in [-0.39, 0.29) is 11.8 Å². The number of carbonyl (C=O) groups excluding carboxylic acids is 1. The van der Waals surface area contributed by atoms with Crippen molar-refractivity contribution in [2.75, 3.05) is 12.4 Å². The van der Waals surface area contributed by atoms with E-state index in [9.17, 15) is 4.79 Å². The number of aromatic nitrogens is 2. The first kappa shape index (κ1) is 15.7. The van der Waals surface area contributed by atoms with Gasteiger partial charge in [0.1, 0.15) is 5.75 Å². The van der Waals surface area contributed by atoms with Gasteiger partial charge in [-0.1, -0.05) is 12.1 Å². The maximum Gasteiger partial charge on any atom is 0.313 e. The van der Waals surface area contributed by atoms with Crippen molar-refractivity contribution in [3.63, 3.8) is 0 Å². The van der Waals surface area contributed by atoms with Crippen molar-refractivity contribution in [1.82, 2.24) is 10.2 Å². The summed E-state index contributed by atoms with van der Waals surface area (Å²) in [7, 11) is 1.59. The van der Waals surface area contributed by atoms with Crippen LogP contribution in [0.15, 0.2) is 46.9 Å². The monoisotopic (exact) mass is 323 g/mol. The average Bonchev–Trinajstić information content (AvgIpc) is 3.09. The minimum atomic E-state index is -0.434. The highest BCUT2D eigenvalue weighted by Gasteiger charge is 2.17. The Morgan fingerprint density at radius 3 is 2.54 bits per heavy atom. The zero-order valence-corrected chi connectivity index (χ0v) is 13.7. The minimum Gasteiger partial charge on any atom is -0.497 e. The molecule has 6 nitrogen and oxygen atoms in total.